The zero-order valence-corrected chi connectivity index (χ0v) is 11.9. The Hall–Kier alpha value is -2.04. The van der Waals surface area contributed by atoms with Crippen molar-refractivity contribution in [3.05, 3.63) is 29.8 Å². The van der Waals surface area contributed by atoms with Crippen molar-refractivity contribution >= 4 is 17.6 Å². The van der Waals surface area contributed by atoms with Gasteiger partial charge in [-0.1, -0.05) is 18.2 Å². The van der Waals surface area contributed by atoms with E-state index in [2.05, 4.69) is 10.1 Å². The predicted molar refractivity (Wildman–Crippen MR) is 76.6 cm³/mol. The number of anilines is 1. The van der Waals surface area contributed by atoms with Crippen LogP contribution in [0.2, 0.25) is 0 Å². The number of nitrogens with zero attached hydrogens (tertiary/aromatic N) is 1. The lowest BCUT2D eigenvalue weighted by Gasteiger charge is -2.21. The standard InChI is InChI=1S/C15H20N2O3/c1-17(9-5-8-14(18)20-2)15(19)12-10-16-13-7-4-3-6-11(12)13/h3-4,6-7,12,16H,5,8-10H2,1-2H3. The van der Waals surface area contributed by atoms with Crippen molar-refractivity contribution in [2.75, 3.05) is 32.6 Å². The number of fused-ring (bicyclic) bond motifs is 1. The van der Waals surface area contributed by atoms with Gasteiger partial charge in [-0.2, -0.15) is 0 Å². The summed E-state index contributed by atoms with van der Waals surface area (Å²) in [6, 6.07) is 7.88. The molecule has 1 unspecified atom stereocenters. The van der Waals surface area contributed by atoms with Crippen LogP contribution in [0.15, 0.2) is 24.3 Å². The summed E-state index contributed by atoms with van der Waals surface area (Å²) < 4.78 is 4.59. The number of nitrogens with one attached hydrogen (secondary N) is 1. The number of benzene rings is 1. The van der Waals surface area contributed by atoms with Crippen LogP contribution in [-0.2, 0) is 14.3 Å². The van der Waals surface area contributed by atoms with Crippen molar-refractivity contribution in [1.82, 2.24) is 4.90 Å². The molecule has 5 heteroatoms. The molecule has 1 atom stereocenters. The quantitative estimate of drug-likeness (QED) is 0.830. The smallest absolute Gasteiger partial charge is 0.305 e. The molecule has 0 bridgehead atoms. The van der Waals surface area contributed by atoms with E-state index in [4.69, 9.17) is 0 Å². The topological polar surface area (TPSA) is 58.6 Å². The molecule has 108 valence electrons. The molecule has 1 N–H and O–H groups in total. The molecule has 0 saturated heterocycles. The highest BCUT2D eigenvalue weighted by Gasteiger charge is 2.30. The Morgan fingerprint density at radius 1 is 1.40 bits per heavy atom. The first-order valence-electron chi connectivity index (χ1n) is 6.78. The Balaban J connectivity index is 1.90. The molecule has 0 fully saturated rings. The van der Waals surface area contributed by atoms with E-state index in [0.29, 0.717) is 25.9 Å². The molecule has 0 aromatic heterocycles. The van der Waals surface area contributed by atoms with Gasteiger partial charge in [0.15, 0.2) is 0 Å². The molecule has 1 heterocycles. The second-order valence-electron chi connectivity index (χ2n) is 4.96. The fraction of sp³-hybridized carbons (Fsp3) is 0.467. The maximum absolute atomic E-state index is 12.4. The fourth-order valence-electron chi connectivity index (χ4n) is 2.44. The van der Waals surface area contributed by atoms with E-state index >= 15 is 0 Å². The van der Waals surface area contributed by atoms with Crippen molar-refractivity contribution in [1.29, 1.82) is 0 Å². The van der Waals surface area contributed by atoms with Crippen LogP contribution >= 0.6 is 0 Å². The summed E-state index contributed by atoms with van der Waals surface area (Å²) >= 11 is 0. The highest BCUT2D eigenvalue weighted by atomic mass is 16.5. The molecule has 0 radical (unpaired) electrons. The Bertz CT molecular complexity index is 502. The number of para-hydroxylation sites is 1. The van der Waals surface area contributed by atoms with Crippen LogP contribution in [0.1, 0.15) is 24.3 Å². The van der Waals surface area contributed by atoms with Gasteiger partial charge in [0, 0.05) is 32.2 Å². The number of amides is 1. The van der Waals surface area contributed by atoms with Crippen LogP contribution < -0.4 is 5.32 Å². The lowest BCUT2D eigenvalue weighted by molar-refractivity contribution is -0.141. The molecule has 0 aliphatic carbocycles. The fourth-order valence-corrected chi connectivity index (χ4v) is 2.44. The summed E-state index contributed by atoms with van der Waals surface area (Å²) in [5.41, 5.74) is 2.09. The number of methoxy groups -OCH3 is 1. The van der Waals surface area contributed by atoms with Gasteiger partial charge >= 0.3 is 5.97 Å². The van der Waals surface area contributed by atoms with Gasteiger partial charge in [0.25, 0.3) is 0 Å². The lowest BCUT2D eigenvalue weighted by atomic mass is 10.00. The minimum atomic E-state index is -0.237. The second kappa shape index (κ2) is 6.41. The van der Waals surface area contributed by atoms with Gasteiger partial charge in [0.2, 0.25) is 5.91 Å². The zero-order chi connectivity index (χ0) is 14.5. The van der Waals surface area contributed by atoms with E-state index in [1.54, 1.807) is 11.9 Å². The average Bonchev–Trinajstić information content (AvgIpc) is 2.90. The summed E-state index contributed by atoms with van der Waals surface area (Å²) in [5, 5.41) is 3.25. The van der Waals surface area contributed by atoms with Crippen LogP contribution in [0.3, 0.4) is 0 Å². The van der Waals surface area contributed by atoms with Crippen molar-refractivity contribution in [3.63, 3.8) is 0 Å². The van der Waals surface area contributed by atoms with E-state index in [9.17, 15) is 9.59 Å². The second-order valence-corrected chi connectivity index (χ2v) is 4.96. The number of rotatable bonds is 5. The van der Waals surface area contributed by atoms with Crippen LogP contribution in [0.4, 0.5) is 5.69 Å². The third kappa shape index (κ3) is 3.10. The van der Waals surface area contributed by atoms with Crippen LogP contribution in [0.25, 0.3) is 0 Å². The van der Waals surface area contributed by atoms with Crippen molar-refractivity contribution in [2.45, 2.75) is 18.8 Å². The molecule has 1 aliphatic heterocycles. The SMILES string of the molecule is COC(=O)CCCN(C)C(=O)C1CNc2ccccc21. The van der Waals surface area contributed by atoms with Crippen molar-refractivity contribution in [2.24, 2.45) is 0 Å². The van der Waals surface area contributed by atoms with E-state index in [-0.39, 0.29) is 17.8 Å². The Morgan fingerprint density at radius 3 is 2.90 bits per heavy atom. The third-order valence-corrected chi connectivity index (χ3v) is 3.61. The minimum Gasteiger partial charge on any atom is -0.469 e. The third-order valence-electron chi connectivity index (χ3n) is 3.61. The van der Waals surface area contributed by atoms with Gasteiger partial charge in [-0.3, -0.25) is 9.59 Å². The molecular formula is C15H20N2O3. The van der Waals surface area contributed by atoms with E-state index < -0.39 is 0 Å². The Morgan fingerprint density at radius 2 is 2.15 bits per heavy atom. The Kier molecular flexibility index (Phi) is 4.61. The normalized spacial score (nSPS) is 16.2. The summed E-state index contributed by atoms with van der Waals surface area (Å²) in [6.07, 6.45) is 0.963. The molecule has 0 spiro atoms. The molecule has 20 heavy (non-hydrogen) atoms. The van der Waals surface area contributed by atoms with Crippen molar-refractivity contribution < 1.29 is 14.3 Å². The van der Waals surface area contributed by atoms with E-state index in [0.717, 1.165) is 11.3 Å². The first kappa shape index (κ1) is 14.4. The van der Waals surface area contributed by atoms with Gasteiger partial charge in [-0.25, -0.2) is 0 Å². The molecule has 0 saturated carbocycles. The van der Waals surface area contributed by atoms with Gasteiger partial charge in [0.05, 0.1) is 13.0 Å². The summed E-state index contributed by atoms with van der Waals surface area (Å²) in [5.74, 6) is -0.277. The maximum Gasteiger partial charge on any atom is 0.305 e. The molecular weight excluding hydrogens is 256 g/mol. The lowest BCUT2D eigenvalue weighted by Crippen LogP contribution is -2.33. The number of hydrogen-bond donors (Lipinski definition) is 1. The first-order chi connectivity index (χ1) is 9.63. The van der Waals surface area contributed by atoms with Gasteiger partial charge in [0.1, 0.15) is 0 Å². The summed E-state index contributed by atoms with van der Waals surface area (Å²) in [6.45, 7) is 1.20. The Labute approximate surface area is 118 Å². The zero-order valence-electron chi connectivity index (χ0n) is 11.9. The number of likely N-dealkylation sites (N-methyl/N-ethyl adjacent to an activating group) is 1. The van der Waals surface area contributed by atoms with Gasteiger partial charge < -0.3 is 15.0 Å². The number of carbonyl (C=O) groups is 2. The maximum atomic E-state index is 12.4. The average molecular weight is 276 g/mol. The first-order valence-corrected chi connectivity index (χ1v) is 6.78. The molecule has 1 aromatic rings. The van der Waals surface area contributed by atoms with E-state index in [1.165, 1.54) is 7.11 Å². The highest BCUT2D eigenvalue weighted by molar-refractivity contribution is 5.88. The summed E-state index contributed by atoms with van der Waals surface area (Å²) in [4.78, 5) is 25.2. The molecule has 1 aromatic carbocycles. The van der Waals surface area contributed by atoms with Crippen LogP contribution in [0, 0.1) is 0 Å². The molecule has 5 nitrogen and oxygen atoms in total. The van der Waals surface area contributed by atoms with Gasteiger partial charge in [-0.15, -0.1) is 0 Å². The largest absolute Gasteiger partial charge is 0.469 e. The monoisotopic (exact) mass is 276 g/mol. The minimum absolute atomic E-state index is 0.0901. The molecule has 2 rings (SSSR count). The van der Waals surface area contributed by atoms with Crippen LogP contribution in [-0.4, -0.2) is 44.0 Å². The number of ether oxygens (including phenoxy) is 1. The number of carbonyl (C=O) groups excluding carboxylic acids is 2. The molecule has 1 amide bonds. The number of esters is 1. The number of hydrogen-bond acceptors (Lipinski definition) is 4. The van der Waals surface area contributed by atoms with Crippen molar-refractivity contribution in [3.8, 4) is 0 Å². The highest BCUT2D eigenvalue weighted by Crippen LogP contribution is 2.32. The predicted octanol–water partition coefficient (Wildman–Crippen LogP) is 1.61. The molecule has 1 aliphatic rings. The van der Waals surface area contributed by atoms with Crippen LogP contribution in [0.5, 0.6) is 0 Å². The summed E-state index contributed by atoms with van der Waals surface area (Å²) in [7, 11) is 3.15. The van der Waals surface area contributed by atoms with E-state index in [1.807, 2.05) is 24.3 Å². The van der Waals surface area contributed by atoms with Gasteiger partial charge in [-0.05, 0) is 18.1 Å².